The highest BCUT2D eigenvalue weighted by molar-refractivity contribution is 5.86. The first kappa shape index (κ1) is 13.0. The van der Waals surface area contributed by atoms with E-state index in [9.17, 15) is 18.0 Å². The summed E-state index contributed by atoms with van der Waals surface area (Å²) in [7, 11) is 0. The van der Waals surface area contributed by atoms with Crippen molar-refractivity contribution in [3.63, 3.8) is 0 Å². The minimum absolute atomic E-state index is 0.581. The monoisotopic (exact) mass is 241 g/mol. The maximum absolute atomic E-state index is 12.2. The van der Waals surface area contributed by atoms with Gasteiger partial charge in [-0.2, -0.15) is 13.2 Å². The fourth-order valence-electron chi connectivity index (χ4n) is 1.10. The lowest BCUT2D eigenvalue weighted by Gasteiger charge is -2.05. The topological polar surface area (TPSA) is 43.1 Å². The highest BCUT2D eigenvalue weighted by Crippen LogP contribution is 2.29. The molecular formula is C12H10F3NO. The van der Waals surface area contributed by atoms with Gasteiger partial charge in [0, 0.05) is 6.08 Å². The lowest BCUT2D eigenvalue weighted by molar-refractivity contribution is -0.137. The van der Waals surface area contributed by atoms with Gasteiger partial charge in [-0.1, -0.05) is 30.4 Å². The first-order chi connectivity index (χ1) is 7.89. The molecule has 1 rings (SSSR count). The average Bonchev–Trinajstić information content (AvgIpc) is 2.23. The van der Waals surface area contributed by atoms with Gasteiger partial charge in [0.25, 0.3) is 0 Å². The Morgan fingerprint density at radius 2 is 1.71 bits per heavy atom. The second kappa shape index (κ2) is 5.34. The van der Waals surface area contributed by atoms with Gasteiger partial charge in [-0.15, -0.1) is 0 Å². The van der Waals surface area contributed by atoms with Gasteiger partial charge in [0.2, 0.25) is 5.91 Å². The fourth-order valence-corrected chi connectivity index (χ4v) is 1.10. The van der Waals surface area contributed by atoms with Gasteiger partial charge in [0.1, 0.15) is 0 Å². The maximum atomic E-state index is 12.2. The van der Waals surface area contributed by atoms with Crippen molar-refractivity contribution >= 4 is 12.0 Å². The van der Waals surface area contributed by atoms with Gasteiger partial charge in [-0.25, -0.2) is 0 Å². The molecule has 0 atom stereocenters. The van der Waals surface area contributed by atoms with E-state index in [4.69, 9.17) is 5.73 Å². The summed E-state index contributed by atoms with van der Waals surface area (Å²) in [5, 5.41) is 0. The van der Waals surface area contributed by atoms with E-state index >= 15 is 0 Å². The van der Waals surface area contributed by atoms with Crippen molar-refractivity contribution < 1.29 is 18.0 Å². The molecule has 0 heterocycles. The molecule has 90 valence electrons. The molecule has 0 unspecified atom stereocenters. The largest absolute Gasteiger partial charge is 0.416 e. The number of alkyl halides is 3. The van der Waals surface area contributed by atoms with Gasteiger partial charge >= 0.3 is 6.18 Å². The van der Waals surface area contributed by atoms with E-state index in [0.29, 0.717) is 5.56 Å². The number of hydrogen-bond acceptors (Lipinski definition) is 1. The van der Waals surface area contributed by atoms with Crippen molar-refractivity contribution in [2.24, 2.45) is 5.73 Å². The normalized spacial score (nSPS) is 12.4. The molecule has 1 aromatic rings. The van der Waals surface area contributed by atoms with Gasteiger partial charge in [-0.3, -0.25) is 4.79 Å². The first-order valence-electron chi connectivity index (χ1n) is 4.71. The van der Waals surface area contributed by atoms with Crippen molar-refractivity contribution in [3.05, 3.63) is 53.6 Å². The van der Waals surface area contributed by atoms with Gasteiger partial charge in [0.05, 0.1) is 5.56 Å². The number of primary amides is 1. The van der Waals surface area contributed by atoms with Crippen LogP contribution in [0.2, 0.25) is 0 Å². The average molecular weight is 241 g/mol. The standard InChI is InChI=1S/C12H10F3NO/c13-12(14,15)10-7-5-9(6-8-10)3-1-2-4-11(16)17/h1-8H,(H2,16,17). The summed E-state index contributed by atoms with van der Waals surface area (Å²) in [5.41, 5.74) is 4.77. The molecule has 0 bridgehead atoms. The molecule has 0 aromatic heterocycles. The second-order valence-corrected chi connectivity index (χ2v) is 3.24. The third-order valence-corrected chi connectivity index (χ3v) is 1.90. The van der Waals surface area contributed by atoms with E-state index in [0.717, 1.165) is 18.2 Å². The molecule has 0 aliphatic rings. The second-order valence-electron chi connectivity index (χ2n) is 3.24. The van der Waals surface area contributed by atoms with Crippen LogP contribution in [-0.4, -0.2) is 5.91 Å². The Hall–Kier alpha value is -2.04. The third kappa shape index (κ3) is 4.55. The molecule has 0 saturated carbocycles. The number of benzene rings is 1. The van der Waals surface area contributed by atoms with Crippen LogP contribution in [0.1, 0.15) is 11.1 Å². The van der Waals surface area contributed by atoms with Crippen molar-refractivity contribution in [3.8, 4) is 0 Å². The smallest absolute Gasteiger partial charge is 0.366 e. The molecule has 0 fully saturated rings. The number of hydrogen-bond donors (Lipinski definition) is 1. The molecule has 0 radical (unpaired) electrons. The molecule has 2 nitrogen and oxygen atoms in total. The lowest BCUT2D eigenvalue weighted by Crippen LogP contribution is -2.04. The number of carbonyl (C=O) groups excluding carboxylic acids is 1. The minimum Gasteiger partial charge on any atom is -0.366 e. The summed E-state index contributed by atoms with van der Waals surface area (Å²) in [6.45, 7) is 0. The molecule has 5 heteroatoms. The number of nitrogens with two attached hydrogens (primary N) is 1. The van der Waals surface area contributed by atoms with Crippen LogP contribution in [0, 0.1) is 0 Å². The first-order valence-corrected chi connectivity index (χ1v) is 4.71. The summed E-state index contributed by atoms with van der Waals surface area (Å²) in [4.78, 5) is 10.3. The molecule has 1 aromatic carbocycles. The highest BCUT2D eigenvalue weighted by Gasteiger charge is 2.29. The Morgan fingerprint density at radius 1 is 1.12 bits per heavy atom. The molecule has 2 N–H and O–H groups in total. The van der Waals surface area contributed by atoms with E-state index in [1.165, 1.54) is 24.3 Å². The Labute approximate surface area is 96.2 Å². The van der Waals surface area contributed by atoms with E-state index in [1.54, 1.807) is 6.08 Å². The summed E-state index contributed by atoms with van der Waals surface area (Å²) in [5.74, 6) is -0.581. The quantitative estimate of drug-likeness (QED) is 0.641. The van der Waals surface area contributed by atoms with Crippen LogP contribution in [0.5, 0.6) is 0 Å². The number of halogens is 3. The molecule has 0 aliphatic carbocycles. The number of allylic oxidation sites excluding steroid dienone is 2. The zero-order valence-corrected chi connectivity index (χ0v) is 8.74. The van der Waals surface area contributed by atoms with Crippen molar-refractivity contribution in [2.45, 2.75) is 6.18 Å². The summed E-state index contributed by atoms with van der Waals surface area (Å²) in [6.07, 6.45) is 1.33. The van der Waals surface area contributed by atoms with Crippen LogP contribution in [-0.2, 0) is 11.0 Å². The van der Waals surface area contributed by atoms with Crippen LogP contribution in [0.4, 0.5) is 13.2 Å². The Kier molecular flexibility index (Phi) is 4.09. The number of carbonyl (C=O) groups is 1. The van der Waals surface area contributed by atoms with E-state index in [-0.39, 0.29) is 0 Å². The number of rotatable bonds is 3. The van der Waals surface area contributed by atoms with E-state index in [2.05, 4.69) is 0 Å². The predicted molar refractivity (Wildman–Crippen MR) is 58.8 cm³/mol. The minimum atomic E-state index is -4.33. The highest BCUT2D eigenvalue weighted by atomic mass is 19.4. The van der Waals surface area contributed by atoms with Gasteiger partial charge in [0.15, 0.2) is 0 Å². The van der Waals surface area contributed by atoms with Crippen molar-refractivity contribution in [1.29, 1.82) is 0 Å². The SMILES string of the molecule is NC(=O)C=CC=Cc1ccc(C(F)(F)F)cc1. The maximum Gasteiger partial charge on any atom is 0.416 e. The van der Waals surface area contributed by atoms with E-state index in [1.807, 2.05) is 0 Å². The zero-order valence-electron chi connectivity index (χ0n) is 8.74. The Morgan fingerprint density at radius 3 is 2.18 bits per heavy atom. The summed E-state index contributed by atoms with van der Waals surface area (Å²) in [6, 6.07) is 4.68. The molecule has 17 heavy (non-hydrogen) atoms. The van der Waals surface area contributed by atoms with Crippen molar-refractivity contribution in [2.75, 3.05) is 0 Å². The van der Waals surface area contributed by atoms with Gasteiger partial charge in [-0.05, 0) is 17.7 Å². The Balaban J connectivity index is 2.72. The van der Waals surface area contributed by atoms with Crippen LogP contribution < -0.4 is 5.73 Å². The molecule has 0 saturated heterocycles. The van der Waals surface area contributed by atoms with Crippen LogP contribution in [0.25, 0.3) is 6.08 Å². The van der Waals surface area contributed by atoms with Crippen LogP contribution in [0.3, 0.4) is 0 Å². The lowest BCUT2D eigenvalue weighted by atomic mass is 10.1. The summed E-state index contributed by atoms with van der Waals surface area (Å²) >= 11 is 0. The summed E-state index contributed by atoms with van der Waals surface area (Å²) < 4.78 is 36.7. The van der Waals surface area contributed by atoms with Gasteiger partial charge < -0.3 is 5.73 Å². The fraction of sp³-hybridized carbons (Fsp3) is 0.0833. The predicted octanol–water partition coefficient (Wildman–Crippen LogP) is 2.76. The number of amides is 1. The molecule has 0 aliphatic heterocycles. The van der Waals surface area contributed by atoms with E-state index < -0.39 is 17.6 Å². The molecule has 1 amide bonds. The van der Waals surface area contributed by atoms with Crippen LogP contribution in [0.15, 0.2) is 42.5 Å². The third-order valence-electron chi connectivity index (χ3n) is 1.90. The Bertz CT molecular complexity index is 444. The molecular weight excluding hydrogens is 231 g/mol. The zero-order chi connectivity index (χ0) is 12.9. The van der Waals surface area contributed by atoms with Crippen molar-refractivity contribution in [1.82, 2.24) is 0 Å². The van der Waals surface area contributed by atoms with Crippen LogP contribution >= 0.6 is 0 Å². The molecule has 0 spiro atoms.